The van der Waals surface area contributed by atoms with Crippen molar-refractivity contribution in [3.63, 3.8) is 0 Å². The topological polar surface area (TPSA) is 63.4 Å². The van der Waals surface area contributed by atoms with E-state index in [-0.39, 0.29) is 6.04 Å². The molecule has 0 amide bonds. The maximum absolute atomic E-state index is 12.4. The van der Waals surface area contributed by atoms with E-state index in [1.54, 1.807) is 10.4 Å². The minimum atomic E-state index is -3.27. The Hall–Kier alpha value is -0.430. The molecule has 1 fully saturated rings. The van der Waals surface area contributed by atoms with Crippen molar-refractivity contribution in [3.05, 3.63) is 17.0 Å². The van der Waals surface area contributed by atoms with Crippen molar-refractivity contribution in [3.8, 4) is 0 Å². The van der Waals surface area contributed by atoms with E-state index in [0.29, 0.717) is 17.3 Å². The zero-order valence-corrected chi connectivity index (χ0v) is 11.6. The highest BCUT2D eigenvalue weighted by Gasteiger charge is 2.37. The Morgan fingerprint density at radius 1 is 1.47 bits per heavy atom. The molecule has 4 nitrogen and oxygen atoms in total. The van der Waals surface area contributed by atoms with Gasteiger partial charge in [-0.1, -0.05) is 6.92 Å². The highest BCUT2D eigenvalue weighted by Crippen LogP contribution is 2.33. The first-order valence-electron chi connectivity index (χ1n) is 5.90. The second-order valence-corrected chi connectivity index (χ2v) is 7.48. The van der Waals surface area contributed by atoms with Crippen molar-refractivity contribution >= 4 is 21.4 Å². The highest BCUT2D eigenvalue weighted by molar-refractivity contribution is 7.91. The van der Waals surface area contributed by atoms with Crippen molar-refractivity contribution in [2.75, 3.05) is 13.1 Å². The van der Waals surface area contributed by atoms with Gasteiger partial charge in [0.05, 0.1) is 0 Å². The van der Waals surface area contributed by atoms with Crippen molar-refractivity contribution in [2.45, 2.75) is 36.4 Å². The van der Waals surface area contributed by atoms with Crippen LogP contribution in [0.25, 0.3) is 0 Å². The van der Waals surface area contributed by atoms with Crippen LogP contribution in [0.2, 0.25) is 0 Å². The zero-order chi connectivity index (χ0) is 12.5. The van der Waals surface area contributed by atoms with E-state index in [9.17, 15) is 8.42 Å². The molecule has 1 saturated carbocycles. The fraction of sp³-hybridized carbons (Fsp3) is 0.636. The molecule has 1 aliphatic rings. The summed E-state index contributed by atoms with van der Waals surface area (Å²) in [6.07, 6.45) is 2.73. The Morgan fingerprint density at radius 3 is 2.71 bits per heavy atom. The summed E-state index contributed by atoms with van der Waals surface area (Å²) in [5.41, 5.74) is 5.47. The molecule has 2 rings (SSSR count). The van der Waals surface area contributed by atoms with Crippen LogP contribution < -0.4 is 5.73 Å². The summed E-state index contributed by atoms with van der Waals surface area (Å²) in [5, 5.41) is 0. The number of nitrogens with two attached hydrogens (primary N) is 1. The maximum Gasteiger partial charge on any atom is 0.252 e. The first-order valence-corrected chi connectivity index (χ1v) is 8.16. The summed E-state index contributed by atoms with van der Waals surface area (Å²) >= 11 is 1.34. The normalized spacial score (nSPS) is 16.6. The van der Waals surface area contributed by atoms with Crippen molar-refractivity contribution in [1.29, 1.82) is 0 Å². The molecule has 2 N–H and O–H groups in total. The van der Waals surface area contributed by atoms with Crippen molar-refractivity contribution < 1.29 is 8.42 Å². The Balaban J connectivity index is 2.23. The van der Waals surface area contributed by atoms with E-state index in [1.807, 2.05) is 13.0 Å². The lowest BCUT2D eigenvalue weighted by molar-refractivity contribution is 0.422. The summed E-state index contributed by atoms with van der Waals surface area (Å²) in [4.78, 5) is 1.04. The third kappa shape index (κ3) is 2.70. The molecular weight excluding hydrogens is 256 g/mol. The average Bonchev–Trinajstić information content (AvgIpc) is 2.97. The predicted octanol–water partition coefficient (Wildman–Crippen LogP) is 1.42. The van der Waals surface area contributed by atoms with Crippen LogP contribution in [-0.4, -0.2) is 31.9 Å². The minimum absolute atomic E-state index is 0.227. The monoisotopic (exact) mass is 274 g/mol. The van der Waals surface area contributed by atoms with Crippen LogP contribution in [0, 0.1) is 0 Å². The molecule has 0 radical (unpaired) electrons. The van der Waals surface area contributed by atoms with Crippen LogP contribution in [0.1, 0.15) is 24.6 Å². The Bertz CT molecular complexity index is 477. The number of hydrogen-bond donors (Lipinski definition) is 1. The predicted molar refractivity (Wildman–Crippen MR) is 69.7 cm³/mol. The second kappa shape index (κ2) is 5.06. The smallest absolute Gasteiger partial charge is 0.252 e. The molecule has 1 aromatic heterocycles. The van der Waals surface area contributed by atoms with Crippen molar-refractivity contribution in [2.24, 2.45) is 5.73 Å². The maximum atomic E-state index is 12.4. The molecule has 1 heterocycles. The first kappa shape index (κ1) is 13.0. The molecule has 0 saturated heterocycles. The van der Waals surface area contributed by atoms with Crippen LogP contribution in [0.5, 0.6) is 0 Å². The summed E-state index contributed by atoms with van der Waals surface area (Å²) in [7, 11) is -3.27. The van der Waals surface area contributed by atoms with Gasteiger partial charge < -0.3 is 5.73 Å². The zero-order valence-electron chi connectivity index (χ0n) is 9.93. The molecule has 0 aliphatic heterocycles. The van der Waals surface area contributed by atoms with Gasteiger partial charge in [0.25, 0.3) is 10.0 Å². The van der Waals surface area contributed by atoms with Crippen LogP contribution in [0.3, 0.4) is 0 Å². The molecule has 0 aromatic carbocycles. The Morgan fingerprint density at radius 2 is 2.18 bits per heavy atom. The van der Waals surface area contributed by atoms with Gasteiger partial charge in [-0.3, -0.25) is 0 Å². The summed E-state index contributed by atoms with van der Waals surface area (Å²) in [5.74, 6) is 0. The van der Waals surface area contributed by atoms with Gasteiger partial charge in [-0.2, -0.15) is 4.31 Å². The fourth-order valence-electron chi connectivity index (χ4n) is 1.88. The lowest BCUT2D eigenvalue weighted by Crippen LogP contribution is -2.32. The molecule has 6 heteroatoms. The third-order valence-electron chi connectivity index (χ3n) is 2.86. The lowest BCUT2D eigenvalue weighted by Gasteiger charge is -2.18. The van der Waals surface area contributed by atoms with Gasteiger partial charge in [-0.25, -0.2) is 8.42 Å². The number of nitrogens with zero attached hydrogens (tertiary/aromatic N) is 1. The van der Waals surface area contributed by atoms with Gasteiger partial charge in [0.15, 0.2) is 0 Å². The Labute approximate surface area is 106 Å². The van der Waals surface area contributed by atoms with E-state index in [2.05, 4.69) is 0 Å². The van der Waals surface area contributed by atoms with Crippen molar-refractivity contribution in [1.82, 2.24) is 4.31 Å². The molecule has 0 atom stereocenters. The number of thiophene rings is 1. The van der Waals surface area contributed by atoms with Gasteiger partial charge in [0.2, 0.25) is 0 Å². The highest BCUT2D eigenvalue weighted by atomic mass is 32.2. The van der Waals surface area contributed by atoms with Gasteiger partial charge >= 0.3 is 0 Å². The fourth-order valence-corrected chi connectivity index (χ4v) is 5.07. The number of rotatable bonds is 6. The summed E-state index contributed by atoms with van der Waals surface area (Å²) in [6.45, 7) is 3.00. The van der Waals surface area contributed by atoms with E-state index < -0.39 is 10.0 Å². The third-order valence-corrected chi connectivity index (χ3v) is 6.50. The van der Waals surface area contributed by atoms with Crippen LogP contribution in [0.4, 0.5) is 0 Å². The second-order valence-electron chi connectivity index (χ2n) is 4.20. The number of sulfonamides is 1. The molecule has 17 heavy (non-hydrogen) atoms. The molecule has 0 unspecified atom stereocenters. The van der Waals surface area contributed by atoms with E-state index in [1.165, 1.54) is 11.3 Å². The van der Waals surface area contributed by atoms with E-state index >= 15 is 0 Å². The molecule has 1 aliphatic carbocycles. The first-order chi connectivity index (χ1) is 8.09. The van der Waals surface area contributed by atoms with E-state index in [4.69, 9.17) is 5.73 Å². The molecule has 1 aromatic rings. The van der Waals surface area contributed by atoms with Gasteiger partial charge in [0.1, 0.15) is 4.21 Å². The van der Waals surface area contributed by atoms with Crippen LogP contribution in [-0.2, 0) is 16.4 Å². The van der Waals surface area contributed by atoms with Crippen LogP contribution in [0.15, 0.2) is 16.3 Å². The quantitative estimate of drug-likeness (QED) is 0.853. The van der Waals surface area contributed by atoms with Gasteiger partial charge in [0, 0.05) is 17.5 Å². The lowest BCUT2D eigenvalue weighted by atomic mass is 10.3. The SMILES string of the molecule is CCN(C1CC1)S(=O)(=O)c1ccc(CCN)s1. The average molecular weight is 274 g/mol. The molecule has 0 bridgehead atoms. The largest absolute Gasteiger partial charge is 0.330 e. The van der Waals surface area contributed by atoms with E-state index in [0.717, 1.165) is 24.1 Å². The molecule has 0 spiro atoms. The molecule has 96 valence electrons. The standard InChI is InChI=1S/C11H18N2O2S2/c1-2-13(9-3-4-9)17(14,15)11-6-5-10(16-11)7-8-12/h5-6,9H,2-4,7-8,12H2,1H3. The molecular formula is C11H18N2O2S2. The number of hydrogen-bond acceptors (Lipinski definition) is 4. The van der Waals surface area contributed by atoms with Gasteiger partial charge in [-0.05, 0) is 37.9 Å². The summed E-state index contributed by atoms with van der Waals surface area (Å²) in [6, 6.07) is 3.80. The summed E-state index contributed by atoms with van der Waals surface area (Å²) < 4.78 is 26.8. The minimum Gasteiger partial charge on any atom is -0.330 e. The van der Waals surface area contributed by atoms with Gasteiger partial charge in [-0.15, -0.1) is 11.3 Å². The van der Waals surface area contributed by atoms with Crippen LogP contribution >= 0.6 is 11.3 Å². The Kier molecular flexibility index (Phi) is 3.87.